The molecule has 0 unspecified atom stereocenters. The molecule has 0 heterocycles. The summed E-state index contributed by atoms with van der Waals surface area (Å²) in [7, 11) is 0. The van der Waals surface area contributed by atoms with E-state index in [9.17, 15) is 4.79 Å². The molecule has 0 radical (unpaired) electrons. The van der Waals surface area contributed by atoms with E-state index in [0.717, 1.165) is 5.69 Å². The smallest absolute Gasteiger partial charge is 0.239 e. The van der Waals surface area contributed by atoms with Crippen molar-refractivity contribution >= 4 is 23.2 Å². The number of rotatable bonds is 5. The number of amides is 1. The Kier molecular flexibility index (Phi) is 5.12. The molecule has 1 amide bonds. The number of hydrogen-bond acceptors (Lipinski definition) is 2. The Balaban J connectivity index is 2.35. The van der Waals surface area contributed by atoms with Crippen molar-refractivity contribution in [1.82, 2.24) is 5.32 Å². The van der Waals surface area contributed by atoms with E-state index in [-0.39, 0.29) is 12.5 Å². The molecule has 1 rings (SSSR count). The molecule has 0 aliphatic rings. The van der Waals surface area contributed by atoms with Gasteiger partial charge in [-0.25, -0.2) is 0 Å². The van der Waals surface area contributed by atoms with Gasteiger partial charge in [-0.2, -0.15) is 0 Å². The lowest BCUT2D eigenvalue weighted by Gasteiger charge is -2.10. The molecule has 16 heavy (non-hydrogen) atoms. The first kappa shape index (κ1) is 12.8. The van der Waals surface area contributed by atoms with Gasteiger partial charge in [-0.1, -0.05) is 37.6 Å². The first-order valence-electron chi connectivity index (χ1n) is 5.34. The van der Waals surface area contributed by atoms with Crippen molar-refractivity contribution in [2.24, 2.45) is 5.92 Å². The van der Waals surface area contributed by atoms with Crippen LogP contribution in [0.15, 0.2) is 24.3 Å². The van der Waals surface area contributed by atoms with Crippen molar-refractivity contribution in [2.75, 3.05) is 18.4 Å². The van der Waals surface area contributed by atoms with Gasteiger partial charge in [0.05, 0.1) is 17.3 Å². The highest BCUT2D eigenvalue weighted by atomic mass is 35.5. The molecule has 3 nitrogen and oxygen atoms in total. The minimum Gasteiger partial charge on any atom is -0.375 e. The summed E-state index contributed by atoms with van der Waals surface area (Å²) in [6.07, 6.45) is 0. The summed E-state index contributed by atoms with van der Waals surface area (Å²) in [5.74, 6) is 0.442. The molecule has 1 aromatic rings. The normalized spacial score (nSPS) is 10.2. The van der Waals surface area contributed by atoms with Crippen LogP contribution < -0.4 is 10.6 Å². The average molecular weight is 241 g/mol. The maximum absolute atomic E-state index is 11.4. The third kappa shape index (κ3) is 4.53. The molecular weight excluding hydrogens is 224 g/mol. The van der Waals surface area contributed by atoms with Crippen LogP contribution in [0.3, 0.4) is 0 Å². The van der Waals surface area contributed by atoms with Crippen LogP contribution in [-0.4, -0.2) is 19.0 Å². The zero-order valence-corrected chi connectivity index (χ0v) is 10.3. The zero-order valence-electron chi connectivity index (χ0n) is 9.59. The number of nitrogens with one attached hydrogen (secondary N) is 2. The van der Waals surface area contributed by atoms with E-state index in [4.69, 9.17) is 11.6 Å². The summed E-state index contributed by atoms with van der Waals surface area (Å²) in [5.41, 5.74) is 0.781. The fraction of sp³-hybridized carbons (Fsp3) is 0.417. The minimum atomic E-state index is -0.0198. The van der Waals surface area contributed by atoms with Crippen molar-refractivity contribution in [2.45, 2.75) is 13.8 Å². The summed E-state index contributed by atoms with van der Waals surface area (Å²) in [4.78, 5) is 11.4. The topological polar surface area (TPSA) is 41.1 Å². The number of para-hydroxylation sites is 1. The molecular formula is C12H17ClN2O. The van der Waals surface area contributed by atoms with Gasteiger partial charge in [-0.05, 0) is 18.1 Å². The Bertz CT molecular complexity index is 353. The third-order valence-electron chi connectivity index (χ3n) is 2.02. The molecule has 2 N–H and O–H groups in total. The molecule has 0 atom stereocenters. The molecule has 0 spiro atoms. The maximum atomic E-state index is 11.4. The number of carbonyl (C=O) groups excluding carboxylic acids is 1. The van der Waals surface area contributed by atoms with Gasteiger partial charge in [0.25, 0.3) is 0 Å². The highest BCUT2D eigenvalue weighted by molar-refractivity contribution is 6.33. The second kappa shape index (κ2) is 6.38. The number of benzene rings is 1. The van der Waals surface area contributed by atoms with E-state index in [0.29, 0.717) is 17.5 Å². The highest BCUT2D eigenvalue weighted by Crippen LogP contribution is 2.19. The predicted octanol–water partition coefficient (Wildman–Crippen LogP) is 2.52. The Morgan fingerprint density at radius 1 is 1.38 bits per heavy atom. The monoisotopic (exact) mass is 240 g/mol. The highest BCUT2D eigenvalue weighted by Gasteiger charge is 2.03. The van der Waals surface area contributed by atoms with Crippen molar-refractivity contribution in [3.8, 4) is 0 Å². The average Bonchev–Trinajstić information content (AvgIpc) is 2.25. The molecule has 4 heteroatoms. The lowest BCUT2D eigenvalue weighted by Crippen LogP contribution is -2.32. The predicted molar refractivity (Wildman–Crippen MR) is 67.8 cm³/mol. The second-order valence-electron chi connectivity index (χ2n) is 4.03. The van der Waals surface area contributed by atoms with Crippen LogP contribution in [0, 0.1) is 5.92 Å². The zero-order chi connectivity index (χ0) is 12.0. The SMILES string of the molecule is CC(C)CNC(=O)CNc1ccccc1Cl. The van der Waals surface area contributed by atoms with Crippen LogP contribution in [0.5, 0.6) is 0 Å². The summed E-state index contributed by atoms with van der Waals surface area (Å²) >= 11 is 5.94. The van der Waals surface area contributed by atoms with Gasteiger partial charge >= 0.3 is 0 Å². The fourth-order valence-electron chi connectivity index (χ4n) is 1.16. The molecule has 0 saturated heterocycles. The second-order valence-corrected chi connectivity index (χ2v) is 4.44. The number of carbonyl (C=O) groups is 1. The Morgan fingerprint density at radius 3 is 2.69 bits per heavy atom. The lowest BCUT2D eigenvalue weighted by atomic mass is 10.2. The Labute approximate surface area is 101 Å². The summed E-state index contributed by atoms with van der Waals surface area (Å²) in [6, 6.07) is 7.36. The molecule has 0 aliphatic heterocycles. The molecule has 0 bridgehead atoms. The van der Waals surface area contributed by atoms with Crippen molar-refractivity contribution < 1.29 is 4.79 Å². The Hall–Kier alpha value is -1.22. The molecule has 0 aromatic heterocycles. The van der Waals surface area contributed by atoms with Crippen molar-refractivity contribution in [1.29, 1.82) is 0 Å². The molecule has 88 valence electrons. The van der Waals surface area contributed by atoms with Crippen LogP contribution in [0.25, 0.3) is 0 Å². The van der Waals surface area contributed by atoms with E-state index < -0.39 is 0 Å². The minimum absolute atomic E-state index is 0.0198. The van der Waals surface area contributed by atoms with Crippen molar-refractivity contribution in [3.05, 3.63) is 29.3 Å². The van der Waals surface area contributed by atoms with Crippen LogP contribution in [0.2, 0.25) is 5.02 Å². The van der Waals surface area contributed by atoms with Gasteiger partial charge in [0.15, 0.2) is 0 Å². The molecule has 0 aliphatic carbocycles. The van der Waals surface area contributed by atoms with Gasteiger partial charge in [0.2, 0.25) is 5.91 Å². The molecule has 1 aromatic carbocycles. The van der Waals surface area contributed by atoms with Crippen molar-refractivity contribution in [3.63, 3.8) is 0 Å². The van der Waals surface area contributed by atoms with E-state index >= 15 is 0 Å². The number of hydrogen-bond donors (Lipinski definition) is 2. The Morgan fingerprint density at radius 2 is 2.06 bits per heavy atom. The van der Waals surface area contributed by atoms with Crippen LogP contribution in [0.4, 0.5) is 5.69 Å². The van der Waals surface area contributed by atoms with E-state index in [1.807, 2.05) is 18.2 Å². The van der Waals surface area contributed by atoms with E-state index in [2.05, 4.69) is 24.5 Å². The quantitative estimate of drug-likeness (QED) is 0.831. The number of halogens is 1. The molecule has 0 fully saturated rings. The van der Waals surface area contributed by atoms with Gasteiger partial charge in [0.1, 0.15) is 0 Å². The lowest BCUT2D eigenvalue weighted by molar-refractivity contribution is -0.119. The van der Waals surface area contributed by atoms with Gasteiger partial charge in [-0.3, -0.25) is 4.79 Å². The van der Waals surface area contributed by atoms with Gasteiger partial charge in [0, 0.05) is 6.54 Å². The molecule has 0 saturated carbocycles. The van der Waals surface area contributed by atoms with E-state index in [1.165, 1.54) is 0 Å². The van der Waals surface area contributed by atoms with Crippen LogP contribution in [0.1, 0.15) is 13.8 Å². The largest absolute Gasteiger partial charge is 0.375 e. The van der Waals surface area contributed by atoms with E-state index in [1.54, 1.807) is 6.07 Å². The summed E-state index contributed by atoms with van der Waals surface area (Å²) in [5, 5.41) is 6.44. The maximum Gasteiger partial charge on any atom is 0.239 e. The third-order valence-corrected chi connectivity index (χ3v) is 2.35. The summed E-state index contributed by atoms with van der Waals surface area (Å²) in [6.45, 7) is 5.06. The van der Waals surface area contributed by atoms with Gasteiger partial charge < -0.3 is 10.6 Å². The summed E-state index contributed by atoms with van der Waals surface area (Å²) < 4.78 is 0. The van der Waals surface area contributed by atoms with Crippen LogP contribution in [-0.2, 0) is 4.79 Å². The standard InChI is InChI=1S/C12H17ClN2O/c1-9(2)7-15-12(16)8-14-11-6-4-3-5-10(11)13/h3-6,9,14H,7-8H2,1-2H3,(H,15,16). The fourth-order valence-corrected chi connectivity index (χ4v) is 1.36. The van der Waals surface area contributed by atoms with Gasteiger partial charge in [-0.15, -0.1) is 0 Å². The first-order valence-corrected chi connectivity index (χ1v) is 5.72. The van der Waals surface area contributed by atoms with Crippen LogP contribution >= 0.6 is 11.6 Å². The number of anilines is 1. The first-order chi connectivity index (χ1) is 7.59.